The van der Waals surface area contributed by atoms with Gasteiger partial charge in [-0.05, 0) is 19.1 Å². The molecule has 4 heterocycles. The molecular weight excluding hydrogens is 348 g/mol. The summed E-state index contributed by atoms with van der Waals surface area (Å²) in [5.41, 5.74) is 2.00. The summed E-state index contributed by atoms with van der Waals surface area (Å²) in [5, 5.41) is 17.0. The van der Waals surface area contributed by atoms with E-state index < -0.39 is 0 Å². The number of aryl methyl sites for hydroxylation is 1. The minimum absolute atomic E-state index is 0.190. The molecule has 0 saturated heterocycles. The number of aromatic nitrogens is 4. The minimum Gasteiger partial charge on any atom is -0.470 e. The minimum atomic E-state index is -0.362. The van der Waals surface area contributed by atoms with Crippen molar-refractivity contribution < 1.29 is 14.1 Å². The molecule has 0 N–H and O–H groups in total. The Morgan fingerprint density at radius 3 is 2.96 bits per heavy atom. The standard InChI is InChI=1S/C18H16N6O3/c1-12-6-16(27-22-12)18(25)23-9-14-4-5-21-24(14)11-15(10-23)26-17-3-2-13(7-19)8-20-17/h2-6,8,15H,9-11H2,1H3. The van der Waals surface area contributed by atoms with Gasteiger partial charge in [0, 0.05) is 24.5 Å². The lowest BCUT2D eigenvalue weighted by atomic mass is 10.2. The number of carbonyl (C=O) groups is 1. The Hall–Kier alpha value is -3.67. The largest absolute Gasteiger partial charge is 0.470 e. The Balaban J connectivity index is 1.58. The lowest BCUT2D eigenvalue weighted by Gasteiger charge is -2.23. The Labute approximate surface area is 154 Å². The van der Waals surface area contributed by atoms with Crippen molar-refractivity contribution in [3.63, 3.8) is 0 Å². The van der Waals surface area contributed by atoms with Crippen LogP contribution in [0, 0.1) is 18.3 Å². The van der Waals surface area contributed by atoms with Gasteiger partial charge in [0.2, 0.25) is 11.6 Å². The number of hydrogen-bond donors (Lipinski definition) is 0. The zero-order chi connectivity index (χ0) is 18.8. The van der Waals surface area contributed by atoms with Crippen LogP contribution in [0.1, 0.15) is 27.5 Å². The fourth-order valence-corrected chi connectivity index (χ4v) is 2.95. The summed E-state index contributed by atoms with van der Waals surface area (Å²) in [7, 11) is 0. The van der Waals surface area contributed by atoms with E-state index in [1.54, 1.807) is 36.2 Å². The molecule has 4 rings (SSSR count). The van der Waals surface area contributed by atoms with Gasteiger partial charge in [0.05, 0.1) is 36.6 Å². The smallest absolute Gasteiger partial charge is 0.292 e. The number of ether oxygens (including phenoxy) is 1. The first kappa shape index (κ1) is 16.8. The molecule has 1 unspecified atom stereocenters. The van der Waals surface area contributed by atoms with Gasteiger partial charge in [0.25, 0.3) is 5.91 Å². The molecule has 0 spiro atoms. The zero-order valence-electron chi connectivity index (χ0n) is 14.6. The maximum atomic E-state index is 12.8. The second-order valence-electron chi connectivity index (χ2n) is 6.26. The monoisotopic (exact) mass is 364 g/mol. The van der Waals surface area contributed by atoms with Crippen molar-refractivity contribution in [2.24, 2.45) is 0 Å². The number of nitrogens with zero attached hydrogens (tertiary/aromatic N) is 6. The third-order valence-corrected chi connectivity index (χ3v) is 4.24. The molecule has 0 bridgehead atoms. The third-order valence-electron chi connectivity index (χ3n) is 4.24. The van der Waals surface area contributed by atoms with Gasteiger partial charge >= 0.3 is 0 Å². The fourth-order valence-electron chi connectivity index (χ4n) is 2.95. The molecule has 1 aliphatic rings. The van der Waals surface area contributed by atoms with Crippen LogP contribution in [0.4, 0.5) is 0 Å². The van der Waals surface area contributed by atoms with Crippen LogP contribution in [-0.4, -0.2) is 43.4 Å². The maximum Gasteiger partial charge on any atom is 0.292 e. The number of hydrogen-bond acceptors (Lipinski definition) is 7. The van der Waals surface area contributed by atoms with E-state index in [4.69, 9.17) is 14.5 Å². The average Bonchev–Trinajstić information content (AvgIpc) is 3.26. The van der Waals surface area contributed by atoms with Gasteiger partial charge in [-0.3, -0.25) is 9.48 Å². The molecule has 3 aromatic heterocycles. The molecule has 1 atom stereocenters. The van der Waals surface area contributed by atoms with Crippen molar-refractivity contribution in [1.29, 1.82) is 5.26 Å². The van der Waals surface area contributed by atoms with E-state index in [1.165, 1.54) is 6.20 Å². The number of rotatable bonds is 3. The SMILES string of the molecule is Cc1cc(C(=O)N2Cc3ccnn3CC(Oc3ccc(C#N)cn3)C2)on1. The summed E-state index contributed by atoms with van der Waals surface area (Å²) in [6.45, 7) is 2.96. The van der Waals surface area contributed by atoms with E-state index in [1.807, 2.05) is 16.8 Å². The molecule has 1 aliphatic heterocycles. The predicted octanol–water partition coefficient (Wildman–Crippen LogP) is 1.55. The fraction of sp³-hybridized carbons (Fsp3) is 0.278. The average molecular weight is 364 g/mol. The van der Waals surface area contributed by atoms with Crippen LogP contribution >= 0.6 is 0 Å². The van der Waals surface area contributed by atoms with Crippen LogP contribution in [0.25, 0.3) is 0 Å². The van der Waals surface area contributed by atoms with Crippen molar-refractivity contribution in [3.05, 3.63) is 59.4 Å². The summed E-state index contributed by atoms with van der Waals surface area (Å²) in [5.74, 6) is 0.319. The quantitative estimate of drug-likeness (QED) is 0.693. The number of amides is 1. The first-order valence-corrected chi connectivity index (χ1v) is 8.38. The van der Waals surface area contributed by atoms with Crippen molar-refractivity contribution in [1.82, 2.24) is 24.8 Å². The van der Waals surface area contributed by atoms with Gasteiger partial charge < -0.3 is 14.2 Å². The van der Waals surface area contributed by atoms with Crippen LogP contribution in [0.15, 0.2) is 41.2 Å². The van der Waals surface area contributed by atoms with Crippen molar-refractivity contribution >= 4 is 5.91 Å². The molecule has 0 radical (unpaired) electrons. The van der Waals surface area contributed by atoms with Gasteiger partial charge in [-0.15, -0.1) is 0 Å². The summed E-state index contributed by atoms with van der Waals surface area (Å²) >= 11 is 0. The first-order chi connectivity index (χ1) is 13.1. The first-order valence-electron chi connectivity index (χ1n) is 8.38. The Bertz CT molecular complexity index is 1000. The van der Waals surface area contributed by atoms with E-state index in [0.717, 1.165) is 5.69 Å². The molecule has 1 amide bonds. The Kier molecular flexibility index (Phi) is 4.30. The lowest BCUT2D eigenvalue weighted by Crippen LogP contribution is -2.38. The van der Waals surface area contributed by atoms with Gasteiger partial charge in [-0.2, -0.15) is 10.4 Å². The highest BCUT2D eigenvalue weighted by Gasteiger charge is 2.29. The number of pyridine rings is 1. The number of fused-ring (bicyclic) bond motifs is 1. The maximum absolute atomic E-state index is 12.8. The van der Waals surface area contributed by atoms with Crippen molar-refractivity contribution in [2.75, 3.05) is 6.54 Å². The molecule has 0 fully saturated rings. The van der Waals surface area contributed by atoms with Gasteiger partial charge in [-0.1, -0.05) is 5.16 Å². The van der Waals surface area contributed by atoms with Crippen molar-refractivity contribution in [3.8, 4) is 11.9 Å². The third kappa shape index (κ3) is 3.50. The van der Waals surface area contributed by atoms with E-state index in [9.17, 15) is 4.79 Å². The normalized spacial score (nSPS) is 16.3. The van der Waals surface area contributed by atoms with E-state index in [-0.39, 0.29) is 17.8 Å². The molecule has 0 saturated carbocycles. The molecule has 9 nitrogen and oxygen atoms in total. The second-order valence-corrected chi connectivity index (χ2v) is 6.26. The summed E-state index contributed by atoms with van der Waals surface area (Å²) < 4.78 is 12.9. The highest BCUT2D eigenvalue weighted by Crippen LogP contribution is 2.19. The summed E-state index contributed by atoms with van der Waals surface area (Å²) in [6, 6.07) is 8.78. The molecule has 0 aromatic carbocycles. The van der Waals surface area contributed by atoms with E-state index >= 15 is 0 Å². The zero-order valence-corrected chi connectivity index (χ0v) is 14.6. The van der Waals surface area contributed by atoms with Crippen LogP contribution in [0.5, 0.6) is 5.88 Å². The molecule has 136 valence electrons. The highest BCUT2D eigenvalue weighted by atomic mass is 16.5. The number of nitriles is 1. The molecular formula is C18H16N6O3. The van der Waals surface area contributed by atoms with Crippen LogP contribution in [0.2, 0.25) is 0 Å². The highest BCUT2D eigenvalue weighted by molar-refractivity contribution is 5.91. The van der Waals surface area contributed by atoms with E-state index in [0.29, 0.717) is 36.8 Å². The predicted molar refractivity (Wildman–Crippen MR) is 91.6 cm³/mol. The molecule has 0 aliphatic carbocycles. The Morgan fingerprint density at radius 1 is 1.37 bits per heavy atom. The summed E-state index contributed by atoms with van der Waals surface area (Å²) in [6.07, 6.45) is 2.78. The van der Waals surface area contributed by atoms with Gasteiger partial charge in [-0.25, -0.2) is 4.98 Å². The summed E-state index contributed by atoms with van der Waals surface area (Å²) in [4.78, 5) is 18.6. The molecule has 27 heavy (non-hydrogen) atoms. The van der Waals surface area contributed by atoms with Crippen LogP contribution in [-0.2, 0) is 13.1 Å². The molecule has 9 heteroatoms. The second kappa shape index (κ2) is 6.92. The van der Waals surface area contributed by atoms with Gasteiger partial charge in [0.1, 0.15) is 12.2 Å². The van der Waals surface area contributed by atoms with Crippen molar-refractivity contribution in [2.45, 2.75) is 26.1 Å². The topological polar surface area (TPSA) is 110 Å². The lowest BCUT2D eigenvalue weighted by molar-refractivity contribution is 0.0605. The molecule has 3 aromatic rings. The Morgan fingerprint density at radius 2 is 2.26 bits per heavy atom. The van der Waals surface area contributed by atoms with E-state index in [2.05, 4.69) is 15.2 Å². The van der Waals surface area contributed by atoms with Crippen LogP contribution in [0.3, 0.4) is 0 Å². The van der Waals surface area contributed by atoms with Crippen LogP contribution < -0.4 is 4.74 Å². The number of carbonyl (C=O) groups excluding carboxylic acids is 1. The van der Waals surface area contributed by atoms with Gasteiger partial charge in [0.15, 0.2) is 0 Å².